The average Bonchev–Trinajstić information content (AvgIpc) is 3.09. The number of esters is 1. The van der Waals surface area contributed by atoms with Gasteiger partial charge in [-0.3, -0.25) is 0 Å². The third-order valence-corrected chi connectivity index (χ3v) is 4.79. The molecule has 0 radical (unpaired) electrons. The highest BCUT2D eigenvalue weighted by Crippen LogP contribution is 2.35. The number of ether oxygens (including phenoxy) is 2. The van der Waals surface area contributed by atoms with Gasteiger partial charge in [-0.05, 0) is 60.2 Å². The average molecular weight is 354 g/mol. The van der Waals surface area contributed by atoms with Crippen molar-refractivity contribution in [2.75, 3.05) is 6.61 Å². The molecule has 0 saturated heterocycles. The van der Waals surface area contributed by atoms with Crippen LogP contribution < -0.4 is 0 Å². The molecule has 0 atom stereocenters. The van der Waals surface area contributed by atoms with Crippen LogP contribution in [0.25, 0.3) is 10.8 Å². The molecule has 136 valence electrons. The third kappa shape index (κ3) is 3.94. The summed E-state index contributed by atoms with van der Waals surface area (Å²) < 4.78 is 11.0. The maximum atomic E-state index is 12.9. The number of fused-ring (bicyclic) bond motifs is 1. The SMILES string of the molecule is C=CC1(OC(=O)c2cc3ccccc3cc2COCC(=O)O)CCCC1. The Bertz CT molecular complexity index is 833. The monoisotopic (exact) mass is 354 g/mol. The van der Waals surface area contributed by atoms with Gasteiger partial charge in [-0.1, -0.05) is 30.8 Å². The van der Waals surface area contributed by atoms with Crippen LogP contribution in [0.15, 0.2) is 49.1 Å². The zero-order valence-corrected chi connectivity index (χ0v) is 14.6. The van der Waals surface area contributed by atoms with Gasteiger partial charge >= 0.3 is 11.9 Å². The van der Waals surface area contributed by atoms with Gasteiger partial charge in [0, 0.05) is 0 Å². The van der Waals surface area contributed by atoms with Crippen LogP contribution in [0, 0.1) is 0 Å². The number of carboxylic acid groups (broad SMARTS) is 1. The Morgan fingerprint density at radius 3 is 2.42 bits per heavy atom. The van der Waals surface area contributed by atoms with Crippen LogP contribution >= 0.6 is 0 Å². The van der Waals surface area contributed by atoms with Gasteiger partial charge in [0.2, 0.25) is 0 Å². The van der Waals surface area contributed by atoms with E-state index >= 15 is 0 Å². The summed E-state index contributed by atoms with van der Waals surface area (Å²) >= 11 is 0. The Morgan fingerprint density at radius 1 is 1.15 bits per heavy atom. The van der Waals surface area contributed by atoms with Crippen LogP contribution in [0.5, 0.6) is 0 Å². The van der Waals surface area contributed by atoms with E-state index in [1.807, 2.05) is 30.3 Å². The lowest BCUT2D eigenvalue weighted by Gasteiger charge is -2.25. The molecule has 1 saturated carbocycles. The fourth-order valence-corrected chi connectivity index (χ4v) is 3.41. The van der Waals surface area contributed by atoms with Gasteiger partial charge in [-0.15, -0.1) is 0 Å². The van der Waals surface area contributed by atoms with Crippen molar-refractivity contribution in [2.45, 2.75) is 37.9 Å². The predicted molar refractivity (Wildman–Crippen MR) is 98.1 cm³/mol. The van der Waals surface area contributed by atoms with Crippen molar-refractivity contribution in [3.8, 4) is 0 Å². The Balaban J connectivity index is 1.91. The first kappa shape index (κ1) is 18.1. The molecule has 0 unspecified atom stereocenters. The van der Waals surface area contributed by atoms with Crippen LogP contribution in [0.1, 0.15) is 41.6 Å². The lowest BCUT2D eigenvalue weighted by atomic mass is 9.99. The van der Waals surface area contributed by atoms with Crippen molar-refractivity contribution in [1.82, 2.24) is 0 Å². The van der Waals surface area contributed by atoms with E-state index in [9.17, 15) is 9.59 Å². The molecule has 1 N–H and O–H groups in total. The lowest BCUT2D eigenvalue weighted by molar-refractivity contribution is -0.142. The summed E-state index contributed by atoms with van der Waals surface area (Å²) in [4.78, 5) is 23.6. The second-order valence-electron chi connectivity index (χ2n) is 6.61. The van der Waals surface area contributed by atoms with Gasteiger partial charge in [-0.25, -0.2) is 9.59 Å². The van der Waals surface area contributed by atoms with Gasteiger partial charge in [-0.2, -0.15) is 0 Å². The smallest absolute Gasteiger partial charge is 0.339 e. The fourth-order valence-electron chi connectivity index (χ4n) is 3.41. The Hall–Kier alpha value is -2.66. The van der Waals surface area contributed by atoms with Crippen LogP contribution in [0.3, 0.4) is 0 Å². The number of hydrogen-bond donors (Lipinski definition) is 1. The van der Waals surface area contributed by atoms with E-state index in [0.717, 1.165) is 36.5 Å². The van der Waals surface area contributed by atoms with E-state index in [1.54, 1.807) is 12.1 Å². The summed E-state index contributed by atoms with van der Waals surface area (Å²) in [7, 11) is 0. The summed E-state index contributed by atoms with van der Waals surface area (Å²) in [5.41, 5.74) is 0.413. The number of benzene rings is 2. The number of carbonyl (C=O) groups excluding carboxylic acids is 1. The minimum Gasteiger partial charge on any atom is -0.480 e. The topological polar surface area (TPSA) is 72.8 Å². The maximum Gasteiger partial charge on any atom is 0.339 e. The van der Waals surface area contributed by atoms with E-state index in [1.165, 1.54) is 0 Å². The van der Waals surface area contributed by atoms with Crippen LogP contribution in [0.2, 0.25) is 0 Å². The quantitative estimate of drug-likeness (QED) is 0.599. The molecule has 3 rings (SSSR count). The Kier molecular flexibility index (Phi) is 5.38. The second kappa shape index (κ2) is 7.70. The summed E-state index contributed by atoms with van der Waals surface area (Å²) in [6.45, 7) is 3.45. The predicted octanol–water partition coefficient (Wildman–Crippen LogP) is 4.10. The van der Waals surface area contributed by atoms with E-state index in [-0.39, 0.29) is 6.61 Å². The molecule has 26 heavy (non-hydrogen) atoms. The molecule has 2 aromatic carbocycles. The molecule has 0 aromatic heterocycles. The third-order valence-electron chi connectivity index (χ3n) is 4.79. The molecule has 0 heterocycles. The first-order valence-electron chi connectivity index (χ1n) is 8.71. The fraction of sp³-hybridized carbons (Fsp3) is 0.333. The molecule has 0 bridgehead atoms. The van der Waals surface area contributed by atoms with Crippen LogP contribution in [-0.2, 0) is 20.9 Å². The van der Waals surface area contributed by atoms with Gasteiger partial charge in [0.1, 0.15) is 12.2 Å². The van der Waals surface area contributed by atoms with Gasteiger partial charge in [0.15, 0.2) is 0 Å². The molecule has 5 heteroatoms. The lowest BCUT2D eigenvalue weighted by Crippen LogP contribution is -2.30. The first-order chi connectivity index (χ1) is 12.5. The number of rotatable bonds is 7. The van der Waals surface area contributed by atoms with Crippen molar-refractivity contribution in [1.29, 1.82) is 0 Å². The van der Waals surface area contributed by atoms with Crippen molar-refractivity contribution >= 4 is 22.7 Å². The highest BCUT2D eigenvalue weighted by molar-refractivity contribution is 5.97. The summed E-state index contributed by atoms with van der Waals surface area (Å²) in [6.07, 6.45) is 5.29. The molecule has 0 aliphatic heterocycles. The molecule has 2 aromatic rings. The molecular formula is C21H22O5. The highest BCUT2D eigenvalue weighted by Gasteiger charge is 2.35. The first-order valence-corrected chi connectivity index (χ1v) is 8.71. The molecule has 1 aliphatic rings. The van der Waals surface area contributed by atoms with E-state index < -0.39 is 24.1 Å². The maximum absolute atomic E-state index is 12.9. The van der Waals surface area contributed by atoms with E-state index in [2.05, 4.69) is 6.58 Å². The summed E-state index contributed by atoms with van der Waals surface area (Å²) in [5.74, 6) is -1.47. The summed E-state index contributed by atoms with van der Waals surface area (Å²) in [6, 6.07) is 11.3. The van der Waals surface area contributed by atoms with Gasteiger partial charge in [0.05, 0.1) is 12.2 Å². The number of hydrogen-bond acceptors (Lipinski definition) is 4. The molecular weight excluding hydrogens is 332 g/mol. The van der Waals surface area contributed by atoms with Crippen LogP contribution in [-0.4, -0.2) is 29.3 Å². The number of carbonyl (C=O) groups is 2. The van der Waals surface area contributed by atoms with E-state index in [0.29, 0.717) is 11.1 Å². The van der Waals surface area contributed by atoms with Crippen molar-refractivity contribution in [3.63, 3.8) is 0 Å². The van der Waals surface area contributed by atoms with Crippen molar-refractivity contribution in [2.24, 2.45) is 0 Å². The zero-order valence-electron chi connectivity index (χ0n) is 14.6. The van der Waals surface area contributed by atoms with Crippen LogP contribution in [0.4, 0.5) is 0 Å². The Labute approximate surface area is 152 Å². The number of carboxylic acids is 1. The minimum absolute atomic E-state index is 0.0304. The highest BCUT2D eigenvalue weighted by atomic mass is 16.6. The number of aliphatic carboxylic acids is 1. The standard InChI is InChI=1S/C21H22O5/c1-2-21(9-5-6-10-21)26-20(24)18-12-16-8-4-3-7-15(16)11-17(18)13-25-14-19(22)23/h2-4,7-8,11-12H,1,5-6,9-10,13-14H2,(H,22,23). The minimum atomic E-state index is -1.05. The molecule has 1 aliphatic carbocycles. The van der Waals surface area contributed by atoms with Crippen molar-refractivity contribution in [3.05, 3.63) is 60.2 Å². The van der Waals surface area contributed by atoms with E-state index in [4.69, 9.17) is 14.6 Å². The Morgan fingerprint density at radius 2 is 1.81 bits per heavy atom. The second-order valence-corrected chi connectivity index (χ2v) is 6.61. The van der Waals surface area contributed by atoms with Gasteiger partial charge in [0.25, 0.3) is 0 Å². The molecule has 5 nitrogen and oxygen atoms in total. The molecule has 0 spiro atoms. The van der Waals surface area contributed by atoms with Crippen molar-refractivity contribution < 1.29 is 24.2 Å². The molecule has 0 amide bonds. The summed E-state index contributed by atoms with van der Waals surface area (Å²) in [5, 5.41) is 10.6. The largest absolute Gasteiger partial charge is 0.480 e. The normalized spacial score (nSPS) is 15.7. The zero-order chi connectivity index (χ0) is 18.6. The molecule has 1 fully saturated rings. The van der Waals surface area contributed by atoms with Gasteiger partial charge < -0.3 is 14.6 Å².